The third-order valence-electron chi connectivity index (χ3n) is 4.25. The molecule has 1 N–H and O–H groups in total. The number of rotatable bonds is 4. The first-order valence-electron chi connectivity index (χ1n) is 8.49. The topological polar surface area (TPSA) is 54.5 Å². The number of amides is 2. The van der Waals surface area contributed by atoms with Gasteiger partial charge in [0.1, 0.15) is 0 Å². The molecule has 1 aromatic carbocycles. The Kier molecular flexibility index (Phi) is 5.76. The summed E-state index contributed by atoms with van der Waals surface area (Å²) in [7, 11) is 0. The predicted molar refractivity (Wildman–Crippen MR) is 99.2 cm³/mol. The predicted octanol–water partition coefficient (Wildman–Crippen LogP) is 4.37. The smallest absolute Gasteiger partial charge is 0.321 e. The molecule has 2 heterocycles. The lowest BCUT2D eigenvalue weighted by Gasteiger charge is -2.32. The lowest BCUT2D eigenvalue weighted by molar-refractivity contribution is 0.143. The van der Waals surface area contributed by atoms with Crippen LogP contribution in [0.1, 0.15) is 18.5 Å². The summed E-state index contributed by atoms with van der Waals surface area (Å²) >= 11 is 6.11. The van der Waals surface area contributed by atoms with E-state index >= 15 is 0 Å². The lowest BCUT2D eigenvalue weighted by atomic mass is 9.99. The van der Waals surface area contributed by atoms with E-state index in [1.807, 2.05) is 42.2 Å². The molecule has 5 nitrogen and oxygen atoms in total. The lowest BCUT2D eigenvalue weighted by Crippen LogP contribution is -2.43. The van der Waals surface area contributed by atoms with E-state index in [0.717, 1.165) is 25.1 Å². The minimum atomic E-state index is -0.119. The molecule has 0 saturated carbocycles. The van der Waals surface area contributed by atoms with Crippen LogP contribution in [0.4, 0.5) is 10.5 Å². The molecule has 132 valence electrons. The summed E-state index contributed by atoms with van der Waals surface area (Å²) in [5.74, 6) is 0.936. The van der Waals surface area contributed by atoms with Crippen molar-refractivity contribution < 1.29 is 9.53 Å². The Hall–Kier alpha value is -2.27. The monoisotopic (exact) mass is 359 g/mol. The SMILES string of the molecule is Cc1cccc(OCC2CCCN(C(=O)Nc3ccccc3Cl)C2)n1. The van der Waals surface area contributed by atoms with Crippen LogP contribution in [0.5, 0.6) is 5.88 Å². The first-order valence-corrected chi connectivity index (χ1v) is 8.86. The van der Waals surface area contributed by atoms with Gasteiger partial charge in [0.2, 0.25) is 5.88 Å². The average molecular weight is 360 g/mol. The molecule has 1 saturated heterocycles. The molecule has 6 heteroatoms. The van der Waals surface area contributed by atoms with Gasteiger partial charge in [0.25, 0.3) is 0 Å². The van der Waals surface area contributed by atoms with Crippen LogP contribution in [0.25, 0.3) is 0 Å². The molecule has 3 rings (SSSR count). The van der Waals surface area contributed by atoms with Crippen molar-refractivity contribution in [3.05, 3.63) is 53.2 Å². The third kappa shape index (κ3) is 4.86. The van der Waals surface area contributed by atoms with Crippen molar-refractivity contribution in [1.82, 2.24) is 9.88 Å². The van der Waals surface area contributed by atoms with Crippen molar-refractivity contribution in [3.8, 4) is 5.88 Å². The zero-order chi connectivity index (χ0) is 17.6. The first-order chi connectivity index (χ1) is 12.1. The number of para-hydroxylation sites is 1. The molecule has 1 aliphatic rings. The van der Waals surface area contributed by atoms with Gasteiger partial charge >= 0.3 is 6.03 Å². The fraction of sp³-hybridized carbons (Fsp3) is 0.368. The van der Waals surface area contributed by atoms with Gasteiger partial charge in [-0.1, -0.05) is 29.8 Å². The number of pyridine rings is 1. The molecule has 0 aliphatic carbocycles. The fourth-order valence-electron chi connectivity index (χ4n) is 2.94. The highest BCUT2D eigenvalue weighted by molar-refractivity contribution is 6.33. The molecule has 2 aromatic rings. The number of aryl methyl sites for hydroxylation is 1. The van der Waals surface area contributed by atoms with Crippen molar-refractivity contribution >= 4 is 23.3 Å². The van der Waals surface area contributed by atoms with Crippen molar-refractivity contribution in [2.45, 2.75) is 19.8 Å². The number of nitrogens with one attached hydrogen (secondary N) is 1. The van der Waals surface area contributed by atoms with Crippen molar-refractivity contribution in [2.24, 2.45) is 5.92 Å². The third-order valence-corrected chi connectivity index (χ3v) is 4.58. The molecule has 25 heavy (non-hydrogen) atoms. The molecule has 1 fully saturated rings. The summed E-state index contributed by atoms with van der Waals surface area (Å²) in [6.07, 6.45) is 2.01. The van der Waals surface area contributed by atoms with E-state index in [4.69, 9.17) is 16.3 Å². The van der Waals surface area contributed by atoms with E-state index in [9.17, 15) is 4.79 Å². The number of halogens is 1. The number of aromatic nitrogens is 1. The fourth-order valence-corrected chi connectivity index (χ4v) is 3.13. The van der Waals surface area contributed by atoms with Gasteiger partial charge in [0.05, 0.1) is 17.3 Å². The first kappa shape index (κ1) is 17.5. The molecule has 0 radical (unpaired) electrons. The van der Waals surface area contributed by atoms with Gasteiger partial charge in [-0.25, -0.2) is 9.78 Å². The number of ether oxygens (including phenoxy) is 1. The van der Waals surface area contributed by atoms with Gasteiger partial charge in [-0.2, -0.15) is 0 Å². The Morgan fingerprint density at radius 3 is 2.96 bits per heavy atom. The number of urea groups is 1. The second kappa shape index (κ2) is 8.21. The van der Waals surface area contributed by atoms with E-state index < -0.39 is 0 Å². The Morgan fingerprint density at radius 2 is 2.16 bits per heavy atom. The quantitative estimate of drug-likeness (QED) is 0.882. The van der Waals surface area contributed by atoms with Crippen LogP contribution in [-0.2, 0) is 0 Å². The van der Waals surface area contributed by atoms with Gasteiger partial charge in [-0.3, -0.25) is 0 Å². The average Bonchev–Trinajstić information content (AvgIpc) is 2.62. The van der Waals surface area contributed by atoms with E-state index in [-0.39, 0.29) is 6.03 Å². The number of hydrogen-bond donors (Lipinski definition) is 1. The molecule has 1 atom stereocenters. The van der Waals surface area contributed by atoms with Gasteiger partial charge in [0, 0.05) is 30.8 Å². The van der Waals surface area contributed by atoms with Gasteiger partial charge < -0.3 is 15.0 Å². The number of piperidine rings is 1. The van der Waals surface area contributed by atoms with Gasteiger partial charge in [0.15, 0.2) is 0 Å². The van der Waals surface area contributed by atoms with Crippen LogP contribution in [0.15, 0.2) is 42.5 Å². The zero-order valence-electron chi connectivity index (χ0n) is 14.2. The van der Waals surface area contributed by atoms with Crippen molar-refractivity contribution in [3.63, 3.8) is 0 Å². The van der Waals surface area contributed by atoms with E-state index in [2.05, 4.69) is 10.3 Å². The Bertz CT molecular complexity index is 738. The molecule has 1 unspecified atom stereocenters. The largest absolute Gasteiger partial charge is 0.477 e. The van der Waals surface area contributed by atoms with Crippen LogP contribution in [0.2, 0.25) is 5.02 Å². The second-order valence-electron chi connectivity index (χ2n) is 6.29. The standard InChI is InChI=1S/C19H22ClN3O2/c1-14-6-4-10-18(21-14)25-13-15-7-5-11-23(12-15)19(24)22-17-9-3-2-8-16(17)20/h2-4,6,8-10,15H,5,7,11-13H2,1H3,(H,22,24). The molecule has 0 spiro atoms. The number of carbonyl (C=O) groups is 1. The number of benzene rings is 1. The summed E-state index contributed by atoms with van der Waals surface area (Å²) in [5, 5.41) is 3.42. The van der Waals surface area contributed by atoms with Crippen LogP contribution >= 0.6 is 11.6 Å². The Morgan fingerprint density at radius 1 is 1.32 bits per heavy atom. The summed E-state index contributed by atoms with van der Waals surface area (Å²) < 4.78 is 5.80. The molecule has 0 bridgehead atoms. The summed E-state index contributed by atoms with van der Waals surface area (Å²) in [4.78, 5) is 18.7. The molecule has 2 amide bonds. The van der Waals surface area contributed by atoms with Crippen molar-refractivity contribution in [1.29, 1.82) is 0 Å². The van der Waals surface area contributed by atoms with Gasteiger partial charge in [-0.05, 0) is 38.0 Å². The number of anilines is 1. The molecular formula is C19H22ClN3O2. The Labute approximate surface area is 153 Å². The van der Waals surface area contributed by atoms with E-state index in [1.165, 1.54) is 0 Å². The van der Waals surface area contributed by atoms with E-state index in [1.54, 1.807) is 12.1 Å². The molecule has 1 aromatic heterocycles. The number of carbonyl (C=O) groups excluding carboxylic acids is 1. The van der Waals surface area contributed by atoms with E-state index in [0.29, 0.717) is 35.7 Å². The summed E-state index contributed by atoms with van der Waals surface area (Å²) in [5.41, 5.74) is 1.57. The maximum absolute atomic E-state index is 12.5. The normalized spacial score (nSPS) is 17.2. The minimum Gasteiger partial charge on any atom is -0.477 e. The van der Waals surface area contributed by atoms with Crippen LogP contribution in [0.3, 0.4) is 0 Å². The van der Waals surface area contributed by atoms with Crippen molar-refractivity contribution in [2.75, 3.05) is 25.0 Å². The molecule has 1 aliphatic heterocycles. The number of hydrogen-bond acceptors (Lipinski definition) is 3. The van der Waals surface area contributed by atoms with Crippen LogP contribution in [0, 0.1) is 12.8 Å². The van der Waals surface area contributed by atoms with Gasteiger partial charge in [-0.15, -0.1) is 0 Å². The van der Waals surface area contributed by atoms with Crippen LogP contribution < -0.4 is 10.1 Å². The second-order valence-corrected chi connectivity index (χ2v) is 6.70. The minimum absolute atomic E-state index is 0.119. The van der Waals surface area contributed by atoms with Crippen LogP contribution in [-0.4, -0.2) is 35.6 Å². The maximum Gasteiger partial charge on any atom is 0.321 e. The highest BCUT2D eigenvalue weighted by Crippen LogP contribution is 2.23. The number of likely N-dealkylation sites (tertiary alicyclic amines) is 1. The maximum atomic E-state index is 12.5. The number of nitrogens with zero attached hydrogens (tertiary/aromatic N) is 2. The molecular weight excluding hydrogens is 338 g/mol. The summed E-state index contributed by atoms with van der Waals surface area (Å²) in [6, 6.07) is 12.9. The highest BCUT2D eigenvalue weighted by atomic mass is 35.5. The highest BCUT2D eigenvalue weighted by Gasteiger charge is 2.24. The zero-order valence-corrected chi connectivity index (χ0v) is 15.0. The Balaban J connectivity index is 1.53. The summed E-state index contributed by atoms with van der Waals surface area (Å²) in [6.45, 7) is 3.91.